The Morgan fingerprint density at radius 3 is 3.00 bits per heavy atom. The molecule has 0 fully saturated rings. The number of methoxy groups -OCH3 is 1. The van der Waals surface area contributed by atoms with E-state index in [0.29, 0.717) is 12.0 Å². The average molecular weight is 259 g/mol. The Morgan fingerprint density at radius 1 is 1.47 bits per heavy atom. The van der Waals surface area contributed by atoms with Gasteiger partial charge in [-0.25, -0.2) is 0 Å². The lowest BCUT2D eigenvalue weighted by Gasteiger charge is -2.34. The lowest BCUT2D eigenvalue weighted by atomic mass is 9.77. The molecular weight excluding hydrogens is 234 g/mol. The van der Waals surface area contributed by atoms with Crippen LogP contribution in [-0.2, 0) is 6.42 Å². The Bertz CT molecular complexity index is 427. The lowest BCUT2D eigenvalue weighted by Crippen LogP contribution is -2.38. The van der Waals surface area contributed by atoms with Gasteiger partial charge in [-0.05, 0) is 49.4 Å². The number of benzene rings is 1. The summed E-state index contributed by atoms with van der Waals surface area (Å²) >= 11 is 0. The summed E-state index contributed by atoms with van der Waals surface area (Å²) in [5.74, 6) is 1.57. The monoisotopic (exact) mass is 259 g/mol. The Morgan fingerprint density at radius 2 is 2.32 bits per heavy atom. The van der Waals surface area contributed by atoms with Gasteiger partial charge < -0.3 is 10.1 Å². The fourth-order valence-electron chi connectivity index (χ4n) is 3.15. The van der Waals surface area contributed by atoms with Gasteiger partial charge >= 0.3 is 0 Å². The number of ether oxygens (including phenoxy) is 1. The summed E-state index contributed by atoms with van der Waals surface area (Å²) in [5.41, 5.74) is 2.84. The fourth-order valence-corrected chi connectivity index (χ4v) is 3.15. The highest BCUT2D eigenvalue weighted by atomic mass is 16.5. The van der Waals surface area contributed by atoms with E-state index >= 15 is 0 Å². The average Bonchev–Trinajstić information content (AvgIpc) is 2.46. The zero-order chi connectivity index (χ0) is 13.7. The quantitative estimate of drug-likeness (QED) is 0.787. The maximum atomic E-state index is 5.51. The first-order valence-electron chi connectivity index (χ1n) is 7.31. The molecule has 1 aromatic carbocycles. The molecule has 0 unspecified atom stereocenters. The number of rotatable bonds is 6. The van der Waals surface area contributed by atoms with Gasteiger partial charge in [0, 0.05) is 12.0 Å². The van der Waals surface area contributed by atoms with Crippen LogP contribution in [0.3, 0.4) is 0 Å². The van der Waals surface area contributed by atoms with Crippen molar-refractivity contribution in [3.63, 3.8) is 0 Å². The first-order valence-corrected chi connectivity index (χ1v) is 7.31. The molecule has 0 heterocycles. The second kappa shape index (κ2) is 6.76. The number of allylic oxidation sites excluding steroid dienone is 1. The molecule has 0 amide bonds. The molecule has 1 aliphatic carbocycles. The van der Waals surface area contributed by atoms with Gasteiger partial charge in [-0.15, -0.1) is 6.58 Å². The largest absolute Gasteiger partial charge is 0.496 e. The molecule has 19 heavy (non-hydrogen) atoms. The SMILES string of the molecule is C=CC[C@@H]1c2cccc(OC)c2CC[C@H]1NCCC. The third-order valence-electron chi connectivity index (χ3n) is 4.06. The van der Waals surface area contributed by atoms with E-state index in [9.17, 15) is 0 Å². The van der Waals surface area contributed by atoms with Crippen molar-refractivity contribution in [2.45, 2.75) is 44.6 Å². The van der Waals surface area contributed by atoms with Crippen LogP contribution in [0.4, 0.5) is 0 Å². The Kier molecular flexibility index (Phi) is 5.03. The molecule has 0 radical (unpaired) electrons. The summed E-state index contributed by atoms with van der Waals surface area (Å²) in [6.07, 6.45) is 6.55. The van der Waals surface area contributed by atoms with Gasteiger partial charge in [-0.1, -0.05) is 25.1 Å². The molecule has 1 aromatic rings. The molecule has 0 aromatic heterocycles. The highest BCUT2D eigenvalue weighted by Gasteiger charge is 2.29. The molecule has 0 saturated heterocycles. The molecule has 1 aliphatic rings. The summed E-state index contributed by atoms with van der Waals surface area (Å²) in [6.45, 7) is 7.24. The Hall–Kier alpha value is -1.28. The minimum absolute atomic E-state index is 0.530. The zero-order valence-electron chi connectivity index (χ0n) is 12.1. The first-order chi connectivity index (χ1) is 9.31. The van der Waals surface area contributed by atoms with Crippen LogP contribution < -0.4 is 10.1 Å². The molecule has 2 atom stereocenters. The van der Waals surface area contributed by atoms with Crippen LogP contribution in [0, 0.1) is 0 Å². The van der Waals surface area contributed by atoms with Crippen LogP contribution in [-0.4, -0.2) is 19.7 Å². The van der Waals surface area contributed by atoms with E-state index in [1.165, 1.54) is 24.0 Å². The van der Waals surface area contributed by atoms with Crippen molar-refractivity contribution in [1.29, 1.82) is 0 Å². The molecule has 2 rings (SSSR count). The molecule has 0 aliphatic heterocycles. The minimum Gasteiger partial charge on any atom is -0.496 e. The highest BCUT2D eigenvalue weighted by Crippen LogP contribution is 2.38. The Balaban J connectivity index is 2.29. The predicted molar refractivity (Wildman–Crippen MR) is 81.0 cm³/mol. The maximum Gasteiger partial charge on any atom is 0.122 e. The minimum atomic E-state index is 0.530. The topological polar surface area (TPSA) is 21.3 Å². The van der Waals surface area contributed by atoms with Gasteiger partial charge in [0.15, 0.2) is 0 Å². The van der Waals surface area contributed by atoms with Crippen molar-refractivity contribution < 1.29 is 4.74 Å². The van der Waals surface area contributed by atoms with Crippen LogP contribution in [0.2, 0.25) is 0 Å². The van der Waals surface area contributed by atoms with Crippen LogP contribution in [0.15, 0.2) is 30.9 Å². The van der Waals surface area contributed by atoms with Crippen molar-refractivity contribution in [2.75, 3.05) is 13.7 Å². The van der Waals surface area contributed by atoms with Gasteiger partial charge in [-0.3, -0.25) is 0 Å². The lowest BCUT2D eigenvalue weighted by molar-refractivity contribution is 0.369. The fraction of sp³-hybridized carbons (Fsp3) is 0.529. The highest BCUT2D eigenvalue weighted by molar-refractivity contribution is 5.44. The van der Waals surface area contributed by atoms with Crippen LogP contribution in [0.1, 0.15) is 43.2 Å². The zero-order valence-corrected chi connectivity index (χ0v) is 12.1. The van der Waals surface area contributed by atoms with E-state index in [2.05, 4.69) is 37.0 Å². The van der Waals surface area contributed by atoms with Gasteiger partial charge in [-0.2, -0.15) is 0 Å². The molecule has 2 nitrogen and oxygen atoms in total. The normalized spacial score (nSPS) is 21.8. The van der Waals surface area contributed by atoms with Crippen LogP contribution >= 0.6 is 0 Å². The smallest absolute Gasteiger partial charge is 0.122 e. The summed E-state index contributed by atoms with van der Waals surface area (Å²) in [6, 6.07) is 7.00. The first kappa shape index (κ1) is 14.1. The van der Waals surface area contributed by atoms with Crippen molar-refractivity contribution in [2.24, 2.45) is 0 Å². The van der Waals surface area contributed by atoms with Crippen molar-refractivity contribution in [1.82, 2.24) is 5.32 Å². The second-order valence-electron chi connectivity index (χ2n) is 5.26. The predicted octanol–water partition coefficient (Wildman–Crippen LogP) is 3.67. The van der Waals surface area contributed by atoms with Crippen LogP contribution in [0.25, 0.3) is 0 Å². The summed E-state index contributed by atoms with van der Waals surface area (Å²) in [4.78, 5) is 0. The third-order valence-corrected chi connectivity index (χ3v) is 4.06. The maximum absolute atomic E-state index is 5.51. The molecule has 2 heteroatoms. The number of hydrogen-bond donors (Lipinski definition) is 1. The molecule has 0 saturated carbocycles. The second-order valence-corrected chi connectivity index (χ2v) is 5.26. The molecular formula is C17H25NO. The summed E-state index contributed by atoms with van der Waals surface area (Å²) in [5, 5.41) is 3.70. The molecule has 0 bridgehead atoms. The molecule has 0 spiro atoms. The number of fused-ring (bicyclic) bond motifs is 1. The molecule has 104 valence electrons. The van der Waals surface area contributed by atoms with Crippen molar-refractivity contribution in [3.05, 3.63) is 42.0 Å². The summed E-state index contributed by atoms with van der Waals surface area (Å²) < 4.78 is 5.51. The number of nitrogens with one attached hydrogen (secondary N) is 1. The van der Waals surface area contributed by atoms with E-state index < -0.39 is 0 Å². The van der Waals surface area contributed by atoms with Crippen molar-refractivity contribution in [3.8, 4) is 5.75 Å². The third kappa shape index (κ3) is 3.01. The van der Waals surface area contributed by atoms with Gasteiger partial charge in [0.1, 0.15) is 5.75 Å². The summed E-state index contributed by atoms with van der Waals surface area (Å²) in [7, 11) is 1.76. The standard InChI is InChI=1S/C17H25NO/c1-4-7-14-13-8-6-9-17(19-3)15(13)10-11-16(14)18-12-5-2/h4,6,8-9,14,16,18H,1,5,7,10-12H2,2-3H3/t14-,16-/m1/s1. The Labute approximate surface area is 116 Å². The van der Waals surface area contributed by atoms with Crippen molar-refractivity contribution >= 4 is 0 Å². The van der Waals surface area contributed by atoms with E-state index in [1.54, 1.807) is 7.11 Å². The van der Waals surface area contributed by atoms with E-state index in [4.69, 9.17) is 4.74 Å². The van der Waals surface area contributed by atoms with Gasteiger partial charge in [0.25, 0.3) is 0 Å². The van der Waals surface area contributed by atoms with Crippen LogP contribution in [0.5, 0.6) is 5.75 Å². The van der Waals surface area contributed by atoms with E-state index in [-0.39, 0.29) is 0 Å². The van der Waals surface area contributed by atoms with Gasteiger partial charge in [0.05, 0.1) is 7.11 Å². The van der Waals surface area contributed by atoms with E-state index in [0.717, 1.165) is 25.1 Å². The molecule has 1 N–H and O–H groups in total. The van der Waals surface area contributed by atoms with Gasteiger partial charge in [0.2, 0.25) is 0 Å². The number of hydrogen-bond acceptors (Lipinski definition) is 2. The van der Waals surface area contributed by atoms with E-state index in [1.807, 2.05) is 6.08 Å².